The van der Waals surface area contributed by atoms with Crippen molar-refractivity contribution in [3.8, 4) is 0 Å². The summed E-state index contributed by atoms with van der Waals surface area (Å²) in [7, 11) is 0. The Balaban J connectivity index is 2.15. The van der Waals surface area contributed by atoms with Crippen molar-refractivity contribution in [2.75, 3.05) is 12.3 Å². The van der Waals surface area contributed by atoms with Gasteiger partial charge in [-0.1, -0.05) is 18.7 Å². The molecule has 0 saturated carbocycles. The number of nitrogens with zero attached hydrogens (tertiary/aromatic N) is 2. The average molecular weight is 309 g/mol. The van der Waals surface area contributed by atoms with Gasteiger partial charge in [-0.05, 0) is 36.7 Å². The molecular formula is C13H15N3O2S2. The maximum atomic E-state index is 11.6. The van der Waals surface area contributed by atoms with Crippen LogP contribution in [0, 0.1) is 0 Å². The standard InChI is InChI=1S/C13H15N3O2S2/c1-3-11-15-13(20-16-11)19-10-6-5-8(7-9(10)14)12(17)18-4-2/h5-7H,3-4,14H2,1-2H3. The van der Waals surface area contributed by atoms with E-state index >= 15 is 0 Å². The van der Waals surface area contributed by atoms with E-state index in [4.69, 9.17) is 10.5 Å². The molecule has 0 aliphatic rings. The van der Waals surface area contributed by atoms with E-state index in [9.17, 15) is 4.79 Å². The van der Waals surface area contributed by atoms with Crippen molar-refractivity contribution in [3.05, 3.63) is 29.6 Å². The molecule has 0 radical (unpaired) electrons. The number of benzene rings is 1. The van der Waals surface area contributed by atoms with E-state index in [1.54, 1.807) is 25.1 Å². The van der Waals surface area contributed by atoms with Gasteiger partial charge in [-0.15, -0.1) is 0 Å². The minimum atomic E-state index is -0.361. The third-order valence-corrected chi connectivity index (χ3v) is 4.36. The van der Waals surface area contributed by atoms with E-state index in [-0.39, 0.29) is 5.97 Å². The lowest BCUT2D eigenvalue weighted by Gasteiger charge is -2.06. The predicted octanol–water partition coefficient (Wildman–Crippen LogP) is 3.01. The summed E-state index contributed by atoms with van der Waals surface area (Å²) in [5, 5.41) is 0. The number of esters is 1. The zero-order chi connectivity index (χ0) is 14.5. The average Bonchev–Trinajstić information content (AvgIpc) is 2.89. The fraction of sp³-hybridized carbons (Fsp3) is 0.308. The van der Waals surface area contributed by atoms with Crippen molar-refractivity contribution >= 4 is 35.0 Å². The summed E-state index contributed by atoms with van der Waals surface area (Å²) in [4.78, 5) is 16.8. The van der Waals surface area contributed by atoms with Crippen molar-refractivity contribution in [2.24, 2.45) is 0 Å². The highest BCUT2D eigenvalue weighted by atomic mass is 32.2. The van der Waals surface area contributed by atoms with Gasteiger partial charge in [0.25, 0.3) is 0 Å². The number of anilines is 1. The predicted molar refractivity (Wildman–Crippen MR) is 80.2 cm³/mol. The summed E-state index contributed by atoms with van der Waals surface area (Å²) in [6.07, 6.45) is 0.814. The van der Waals surface area contributed by atoms with E-state index < -0.39 is 0 Å². The fourth-order valence-electron chi connectivity index (χ4n) is 1.50. The maximum absolute atomic E-state index is 11.6. The molecule has 0 aliphatic heterocycles. The molecule has 0 spiro atoms. The van der Waals surface area contributed by atoms with Gasteiger partial charge in [0.1, 0.15) is 5.82 Å². The number of nitrogens with two attached hydrogens (primary N) is 1. The largest absolute Gasteiger partial charge is 0.462 e. The van der Waals surface area contributed by atoms with Gasteiger partial charge in [0.2, 0.25) is 0 Å². The summed E-state index contributed by atoms with van der Waals surface area (Å²) in [5.41, 5.74) is 6.96. The van der Waals surface area contributed by atoms with Gasteiger partial charge in [0.05, 0.1) is 12.2 Å². The highest BCUT2D eigenvalue weighted by Crippen LogP contribution is 2.33. The Morgan fingerprint density at radius 2 is 2.25 bits per heavy atom. The van der Waals surface area contributed by atoms with E-state index in [1.165, 1.54) is 23.3 Å². The van der Waals surface area contributed by atoms with E-state index in [0.29, 0.717) is 17.9 Å². The molecule has 0 saturated heterocycles. The number of carbonyl (C=O) groups is 1. The number of nitrogen functional groups attached to an aromatic ring is 1. The van der Waals surface area contributed by atoms with Gasteiger partial charge in [0, 0.05) is 17.0 Å². The van der Waals surface area contributed by atoms with Crippen LogP contribution in [0.25, 0.3) is 0 Å². The normalized spacial score (nSPS) is 10.5. The molecule has 1 aromatic carbocycles. The van der Waals surface area contributed by atoms with Gasteiger partial charge in [0.15, 0.2) is 4.34 Å². The van der Waals surface area contributed by atoms with Gasteiger partial charge in [-0.25, -0.2) is 9.78 Å². The fourth-order valence-corrected chi connectivity index (χ4v) is 3.18. The van der Waals surface area contributed by atoms with E-state index in [1.807, 2.05) is 6.92 Å². The molecule has 5 nitrogen and oxygen atoms in total. The lowest BCUT2D eigenvalue weighted by atomic mass is 10.2. The Hall–Kier alpha value is -1.60. The number of carbonyl (C=O) groups excluding carboxylic acids is 1. The van der Waals surface area contributed by atoms with Crippen LogP contribution in [0.2, 0.25) is 0 Å². The van der Waals surface area contributed by atoms with Crippen LogP contribution in [0.4, 0.5) is 5.69 Å². The monoisotopic (exact) mass is 309 g/mol. The number of hydrogen-bond acceptors (Lipinski definition) is 7. The second-order valence-corrected chi connectivity index (χ2v) is 5.95. The molecule has 1 heterocycles. The lowest BCUT2D eigenvalue weighted by molar-refractivity contribution is 0.0526. The van der Waals surface area contributed by atoms with Crippen molar-refractivity contribution in [2.45, 2.75) is 29.5 Å². The van der Waals surface area contributed by atoms with Gasteiger partial charge < -0.3 is 10.5 Å². The van der Waals surface area contributed by atoms with Crippen LogP contribution in [0.5, 0.6) is 0 Å². The Kier molecular flexibility index (Phi) is 4.97. The molecule has 0 atom stereocenters. The highest BCUT2D eigenvalue weighted by molar-refractivity contribution is 8.01. The summed E-state index contributed by atoms with van der Waals surface area (Å²) >= 11 is 2.80. The molecule has 0 bridgehead atoms. The Morgan fingerprint density at radius 1 is 1.45 bits per heavy atom. The van der Waals surface area contributed by atoms with Crippen molar-refractivity contribution in [1.29, 1.82) is 0 Å². The third kappa shape index (κ3) is 3.49. The SMILES string of the molecule is CCOC(=O)c1ccc(Sc2nc(CC)ns2)c(N)c1. The van der Waals surface area contributed by atoms with E-state index in [0.717, 1.165) is 21.5 Å². The number of hydrogen-bond donors (Lipinski definition) is 1. The molecule has 0 fully saturated rings. The van der Waals surface area contributed by atoms with Crippen LogP contribution in [-0.4, -0.2) is 21.9 Å². The smallest absolute Gasteiger partial charge is 0.338 e. The Labute approximate surface area is 125 Å². The molecule has 7 heteroatoms. The zero-order valence-electron chi connectivity index (χ0n) is 11.3. The topological polar surface area (TPSA) is 78.1 Å². The summed E-state index contributed by atoms with van der Waals surface area (Å²) in [5.74, 6) is 0.471. The molecule has 20 heavy (non-hydrogen) atoms. The van der Waals surface area contributed by atoms with E-state index in [2.05, 4.69) is 9.36 Å². The molecule has 0 unspecified atom stereocenters. The maximum Gasteiger partial charge on any atom is 0.338 e. The summed E-state index contributed by atoms with van der Waals surface area (Å²) < 4.78 is 10.0. The molecule has 106 valence electrons. The molecule has 0 aliphatic carbocycles. The Bertz CT molecular complexity index is 613. The molecule has 1 aromatic heterocycles. The summed E-state index contributed by atoms with van der Waals surface area (Å²) in [6.45, 7) is 4.13. The molecule has 2 aromatic rings. The number of ether oxygens (including phenoxy) is 1. The lowest BCUT2D eigenvalue weighted by Crippen LogP contribution is -2.05. The molecular weight excluding hydrogens is 294 g/mol. The quantitative estimate of drug-likeness (QED) is 0.675. The first-order valence-electron chi connectivity index (χ1n) is 6.21. The number of rotatable bonds is 5. The van der Waals surface area contributed by atoms with Crippen LogP contribution in [0.3, 0.4) is 0 Å². The zero-order valence-corrected chi connectivity index (χ0v) is 12.9. The van der Waals surface area contributed by atoms with Crippen LogP contribution < -0.4 is 5.73 Å². The van der Waals surface area contributed by atoms with Gasteiger partial charge in [-0.2, -0.15) is 4.37 Å². The van der Waals surface area contributed by atoms with Crippen molar-refractivity contribution < 1.29 is 9.53 Å². The second kappa shape index (κ2) is 6.71. The number of aromatic nitrogens is 2. The van der Waals surface area contributed by atoms with Crippen molar-refractivity contribution in [1.82, 2.24) is 9.36 Å². The molecule has 0 amide bonds. The summed E-state index contributed by atoms with van der Waals surface area (Å²) in [6, 6.07) is 5.14. The van der Waals surface area contributed by atoms with Gasteiger partial charge in [-0.3, -0.25) is 0 Å². The third-order valence-electron chi connectivity index (χ3n) is 2.48. The minimum absolute atomic E-state index is 0.347. The minimum Gasteiger partial charge on any atom is -0.462 e. The molecule has 2 N–H and O–H groups in total. The Morgan fingerprint density at radius 3 is 2.85 bits per heavy atom. The molecule has 2 rings (SSSR count). The van der Waals surface area contributed by atoms with Crippen LogP contribution in [0.1, 0.15) is 30.0 Å². The highest BCUT2D eigenvalue weighted by Gasteiger charge is 2.11. The second-order valence-electron chi connectivity index (χ2n) is 3.91. The number of aryl methyl sites for hydroxylation is 1. The van der Waals surface area contributed by atoms with Crippen LogP contribution in [0.15, 0.2) is 27.4 Å². The van der Waals surface area contributed by atoms with Crippen LogP contribution in [-0.2, 0) is 11.2 Å². The van der Waals surface area contributed by atoms with Gasteiger partial charge >= 0.3 is 5.97 Å². The first-order chi connectivity index (χ1) is 9.63. The van der Waals surface area contributed by atoms with Crippen molar-refractivity contribution in [3.63, 3.8) is 0 Å². The first kappa shape index (κ1) is 14.8. The van der Waals surface area contributed by atoms with Crippen LogP contribution >= 0.6 is 23.3 Å². The first-order valence-corrected chi connectivity index (χ1v) is 7.80.